The SMILES string of the molecule is CS(=O)(=O)Nc1ccc(C(=O)NCC2=CCCCC2)cc1Cl. The van der Waals surface area contributed by atoms with Crippen molar-refractivity contribution in [1.29, 1.82) is 0 Å². The van der Waals surface area contributed by atoms with Gasteiger partial charge in [-0.2, -0.15) is 0 Å². The standard InChI is InChI=1S/C15H19ClN2O3S/c1-22(20,21)18-14-8-7-12(9-13(14)16)15(19)17-10-11-5-3-2-4-6-11/h5,7-9,18H,2-4,6,10H2,1H3,(H,17,19). The second-order valence-corrected chi connectivity index (χ2v) is 7.52. The molecule has 0 aromatic heterocycles. The molecule has 2 rings (SSSR count). The van der Waals surface area contributed by atoms with Crippen molar-refractivity contribution in [1.82, 2.24) is 5.32 Å². The molecule has 2 N–H and O–H groups in total. The molecule has 120 valence electrons. The summed E-state index contributed by atoms with van der Waals surface area (Å²) >= 11 is 6.01. The zero-order valence-electron chi connectivity index (χ0n) is 12.4. The average molecular weight is 343 g/mol. The van der Waals surface area contributed by atoms with Gasteiger partial charge in [0.2, 0.25) is 10.0 Å². The number of hydrogen-bond acceptors (Lipinski definition) is 3. The molecule has 1 aliphatic rings. The van der Waals surface area contributed by atoms with Gasteiger partial charge in [0.05, 0.1) is 17.0 Å². The molecule has 0 spiro atoms. The quantitative estimate of drug-likeness (QED) is 0.808. The summed E-state index contributed by atoms with van der Waals surface area (Å²) in [5.74, 6) is -0.223. The molecule has 0 fully saturated rings. The fourth-order valence-corrected chi connectivity index (χ4v) is 3.16. The van der Waals surface area contributed by atoms with Gasteiger partial charge in [-0.15, -0.1) is 0 Å². The van der Waals surface area contributed by atoms with E-state index in [1.165, 1.54) is 30.5 Å². The maximum Gasteiger partial charge on any atom is 0.251 e. The summed E-state index contributed by atoms with van der Waals surface area (Å²) in [6.07, 6.45) is 7.69. The Kier molecular flexibility index (Phi) is 5.47. The summed E-state index contributed by atoms with van der Waals surface area (Å²) in [6, 6.07) is 4.49. The Morgan fingerprint density at radius 3 is 2.68 bits per heavy atom. The molecule has 7 heteroatoms. The van der Waals surface area contributed by atoms with Crippen molar-refractivity contribution >= 4 is 33.2 Å². The number of benzene rings is 1. The van der Waals surface area contributed by atoms with E-state index in [1.807, 2.05) is 0 Å². The largest absolute Gasteiger partial charge is 0.348 e. The normalized spacial score (nSPS) is 15.1. The third-order valence-electron chi connectivity index (χ3n) is 3.39. The summed E-state index contributed by atoms with van der Waals surface area (Å²) in [7, 11) is -3.40. The van der Waals surface area contributed by atoms with Gasteiger partial charge >= 0.3 is 0 Å². The van der Waals surface area contributed by atoms with Crippen LogP contribution in [0.15, 0.2) is 29.8 Å². The molecule has 0 aliphatic heterocycles. The van der Waals surface area contributed by atoms with E-state index in [4.69, 9.17) is 11.6 Å². The number of nitrogens with one attached hydrogen (secondary N) is 2. The predicted octanol–water partition coefficient (Wildman–Crippen LogP) is 2.94. The van der Waals surface area contributed by atoms with Gasteiger partial charge in [0.15, 0.2) is 0 Å². The number of hydrogen-bond donors (Lipinski definition) is 2. The molecule has 0 saturated carbocycles. The van der Waals surface area contributed by atoms with Gasteiger partial charge in [-0.1, -0.05) is 23.3 Å². The molecule has 1 amide bonds. The first-order valence-electron chi connectivity index (χ1n) is 7.08. The third-order valence-corrected chi connectivity index (χ3v) is 4.29. The molecular formula is C15H19ClN2O3S. The van der Waals surface area contributed by atoms with Crippen molar-refractivity contribution in [2.45, 2.75) is 25.7 Å². The maximum absolute atomic E-state index is 12.1. The van der Waals surface area contributed by atoms with E-state index < -0.39 is 10.0 Å². The van der Waals surface area contributed by atoms with Gasteiger partial charge in [-0.3, -0.25) is 9.52 Å². The van der Waals surface area contributed by atoms with E-state index in [0.29, 0.717) is 12.1 Å². The van der Waals surface area contributed by atoms with Crippen molar-refractivity contribution in [3.63, 3.8) is 0 Å². The van der Waals surface area contributed by atoms with E-state index in [-0.39, 0.29) is 16.6 Å². The van der Waals surface area contributed by atoms with E-state index in [2.05, 4.69) is 16.1 Å². The lowest BCUT2D eigenvalue weighted by Gasteiger charge is -2.14. The highest BCUT2D eigenvalue weighted by molar-refractivity contribution is 7.92. The summed E-state index contributed by atoms with van der Waals surface area (Å²) in [5, 5.41) is 3.05. The van der Waals surface area contributed by atoms with Crippen LogP contribution in [0.3, 0.4) is 0 Å². The number of halogens is 1. The topological polar surface area (TPSA) is 75.3 Å². The Bertz CT molecular complexity index is 699. The smallest absolute Gasteiger partial charge is 0.251 e. The lowest BCUT2D eigenvalue weighted by atomic mass is 9.99. The molecule has 0 saturated heterocycles. The maximum atomic E-state index is 12.1. The molecule has 22 heavy (non-hydrogen) atoms. The van der Waals surface area contributed by atoms with E-state index in [0.717, 1.165) is 19.1 Å². The van der Waals surface area contributed by atoms with Crippen molar-refractivity contribution in [2.24, 2.45) is 0 Å². The second kappa shape index (κ2) is 7.15. The number of rotatable bonds is 5. The summed E-state index contributed by atoms with van der Waals surface area (Å²) < 4.78 is 24.7. The van der Waals surface area contributed by atoms with Crippen LogP contribution >= 0.6 is 11.6 Å². The summed E-state index contributed by atoms with van der Waals surface area (Å²) in [6.45, 7) is 0.541. The first-order valence-corrected chi connectivity index (χ1v) is 9.35. The Morgan fingerprint density at radius 1 is 1.32 bits per heavy atom. The Labute approximate surface area is 135 Å². The second-order valence-electron chi connectivity index (χ2n) is 5.36. The monoisotopic (exact) mass is 342 g/mol. The fourth-order valence-electron chi connectivity index (χ4n) is 2.30. The highest BCUT2D eigenvalue weighted by atomic mass is 35.5. The van der Waals surface area contributed by atoms with Gasteiger partial charge in [0.25, 0.3) is 5.91 Å². The Balaban J connectivity index is 2.01. The van der Waals surface area contributed by atoms with Gasteiger partial charge in [-0.05, 0) is 43.9 Å². The Hall–Kier alpha value is -1.53. The van der Waals surface area contributed by atoms with Gasteiger partial charge in [-0.25, -0.2) is 8.42 Å². The lowest BCUT2D eigenvalue weighted by Crippen LogP contribution is -2.26. The zero-order chi connectivity index (χ0) is 16.2. The summed E-state index contributed by atoms with van der Waals surface area (Å²) in [4.78, 5) is 12.1. The molecule has 0 atom stereocenters. The summed E-state index contributed by atoms with van der Waals surface area (Å²) in [5.41, 5.74) is 1.91. The van der Waals surface area contributed by atoms with E-state index in [1.54, 1.807) is 6.07 Å². The molecule has 0 bridgehead atoms. The highest BCUT2D eigenvalue weighted by Crippen LogP contribution is 2.24. The van der Waals surface area contributed by atoms with Crippen LogP contribution in [-0.2, 0) is 10.0 Å². The zero-order valence-corrected chi connectivity index (χ0v) is 13.9. The van der Waals surface area contributed by atoms with Gasteiger partial charge < -0.3 is 5.32 Å². The Morgan fingerprint density at radius 2 is 2.09 bits per heavy atom. The predicted molar refractivity (Wildman–Crippen MR) is 88.8 cm³/mol. The van der Waals surface area contributed by atoms with Crippen LogP contribution in [0.4, 0.5) is 5.69 Å². The van der Waals surface area contributed by atoms with Crippen LogP contribution in [0.5, 0.6) is 0 Å². The van der Waals surface area contributed by atoms with Crippen LogP contribution in [0.25, 0.3) is 0 Å². The molecule has 5 nitrogen and oxygen atoms in total. The molecule has 1 aromatic rings. The molecule has 0 unspecified atom stereocenters. The molecule has 0 radical (unpaired) electrons. The van der Waals surface area contributed by atoms with Crippen LogP contribution < -0.4 is 10.0 Å². The van der Waals surface area contributed by atoms with Crippen LogP contribution in [-0.4, -0.2) is 27.1 Å². The minimum Gasteiger partial charge on any atom is -0.348 e. The molecular weight excluding hydrogens is 324 g/mol. The lowest BCUT2D eigenvalue weighted by molar-refractivity contribution is 0.0956. The number of carbonyl (C=O) groups excluding carboxylic acids is 1. The van der Waals surface area contributed by atoms with Crippen LogP contribution in [0.1, 0.15) is 36.0 Å². The van der Waals surface area contributed by atoms with Crippen molar-refractivity contribution in [3.05, 3.63) is 40.4 Å². The number of amides is 1. The van der Waals surface area contributed by atoms with Crippen molar-refractivity contribution < 1.29 is 13.2 Å². The minimum absolute atomic E-state index is 0.190. The third kappa shape index (κ3) is 5.03. The van der Waals surface area contributed by atoms with E-state index in [9.17, 15) is 13.2 Å². The first kappa shape index (κ1) is 16.8. The number of allylic oxidation sites excluding steroid dienone is 1. The fraction of sp³-hybridized carbons (Fsp3) is 0.400. The number of sulfonamides is 1. The molecule has 1 aromatic carbocycles. The molecule has 0 heterocycles. The minimum atomic E-state index is -3.40. The first-order chi connectivity index (χ1) is 10.3. The molecule has 1 aliphatic carbocycles. The van der Waals surface area contributed by atoms with Gasteiger partial charge in [0.1, 0.15) is 0 Å². The van der Waals surface area contributed by atoms with Crippen LogP contribution in [0.2, 0.25) is 5.02 Å². The number of anilines is 1. The number of carbonyl (C=O) groups is 1. The van der Waals surface area contributed by atoms with Crippen molar-refractivity contribution in [3.8, 4) is 0 Å². The van der Waals surface area contributed by atoms with Gasteiger partial charge in [0, 0.05) is 12.1 Å². The van der Waals surface area contributed by atoms with Crippen LogP contribution in [0, 0.1) is 0 Å². The average Bonchev–Trinajstić information content (AvgIpc) is 2.46. The van der Waals surface area contributed by atoms with E-state index >= 15 is 0 Å². The van der Waals surface area contributed by atoms with Crippen molar-refractivity contribution in [2.75, 3.05) is 17.5 Å². The highest BCUT2D eigenvalue weighted by Gasteiger charge is 2.12.